The molecule has 0 radical (unpaired) electrons. The topological polar surface area (TPSA) is 20.3 Å². The van der Waals surface area contributed by atoms with Crippen LogP contribution < -0.4 is 0 Å². The van der Waals surface area contributed by atoms with Gasteiger partial charge in [-0.1, -0.05) is 35.0 Å². The largest absolute Gasteiger partial charge is 0.300 e. The van der Waals surface area contributed by atoms with E-state index in [9.17, 15) is 4.79 Å². The van der Waals surface area contributed by atoms with Gasteiger partial charge in [-0.15, -0.1) is 0 Å². The molecule has 1 aromatic carbocycles. The molecule has 2 unspecified atom stereocenters. The second-order valence-corrected chi connectivity index (χ2v) is 6.63. The number of carbonyl (C=O) groups excluding carboxylic acids is 1. The van der Waals surface area contributed by atoms with Crippen LogP contribution in [0.5, 0.6) is 0 Å². The minimum absolute atomic E-state index is 0.257. The zero-order valence-electron chi connectivity index (χ0n) is 11.7. The third kappa shape index (κ3) is 4.15. The fraction of sp³-hybridized carbons (Fsp3) is 0.562. The van der Waals surface area contributed by atoms with Crippen molar-refractivity contribution in [3.8, 4) is 0 Å². The van der Waals surface area contributed by atoms with Crippen molar-refractivity contribution < 1.29 is 4.79 Å². The second-order valence-electron chi connectivity index (χ2n) is 5.72. The summed E-state index contributed by atoms with van der Waals surface area (Å²) in [6.45, 7) is 6.84. The van der Waals surface area contributed by atoms with E-state index >= 15 is 0 Å². The van der Waals surface area contributed by atoms with E-state index < -0.39 is 0 Å². The van der Waals surface area contributed by atoms with Gasteiger partial charge in [0.05, 0.1) is 0 Å². The molecule has 0 N–H and O–H groups in total. The summed E-state index contributed by atoms with van der Waals surface area (Å²) < 4.78 is 1.02. The molecule has 1 aromatic rings. The Kier molecular flexibility index (Phi) is 5.17. The van der Waals surface area contributed by atoms with E-state index in [1.54, 1.807) is 0 Å². The fourth-order valence-electron chi connectivity index (χ4n) is 2.92. The van der Waals surface area contributed by atoms with Crippen LogP contribution in [0.1, 0.15) is 43.5 Å². The number of hydrogen-bond acceptors (Lipinski definition) is 2. The number of likely N-dealkylation sites (tertiary alicyclic amines) is 1. The van der Waals surface area contributed by atoms with E-state index in [0.717, 1.165) is 28.9 Å². The average Bonchev–Trinajstić information content (AvgIpc) is 2.68. The van der Waals surface area contributed by atoms with Gasteiger partial charge in [-0.3, -0.25) is 4.79 Å². The van der Waals surface area contributed by atoms with Crippen LogP contribution in [-0.4, -0.2) is 29.8 Å². The summed E-state index contributed by atoms with van der Waals surface area (Å²) in [5, 5.41) is 0. The van der Waals surface area contributed by atoms with Crippen LogP contribution in [0.2, 0.25) is 0 Å². The number of hydrogen-bond donors (Lipinski definition) is 0. The number of ketones is 1. The molecule has 2 atom stereocenters. The molecule has 1 heterocycles. The molecule has 1 saturated heterocycles. The number of rotatable bonds is 5. The Bertz CT molecular complexity index is 429. The van der Waals surface area contributed by atoms with E-state index in [4.69, 9.17) is 0 Å². The third-order valence-corrected chi connectivity index (χ3v) is 4.46. The third-order valence-electron chi connectivity index (χ3n) is 3.93. The normalized spacial score (nSPS) is 23.7. The zero-order valence-corrected chi connectivity index (χ0v) is 13.3. The van der Waals surface area contributed by atoms with Gasteiger partial charge in [0.1, 0.15) is 0 Å². The molecule has 1 fully saturated rings. The van der Waals surface area contributed by atoms with Gasteiger partial charge in [0.25, 0.3) is 0 Å². The van der Waals surface area contributed by atoms with Gasteiger partial charge in [-0.25, -0.2) is 0 Å². The first-order chi connectivity index (χ1) is 9.06. The number of carbonyl (C=O) groups is 1. The minimum atomic E-state index is 0.257. The molecule has 3 heteroatoms. The molecule has 0 bridgehead atoms. The van der Waals surface area contributed by atoms with Crippen LogP contribution in [0, 0.1) is 5.92 Å². The lowest BCUT2D eigenvalue weighted by Gasteiger charge is -2.20. The van der Waals surface area contributed by atoms with Crippen molar-refractivity contribution >= 4 is 21.7 Å². The molecule has 104 valence electrons. The Morgan fingerprint density at radius 3 is 2.58 bits per heavy atom. The first-order valence-corrected chi connectivity index (χ1v) is 7.88. The van der Waals surface area contributed by atoms with Crippen molar-refractivity contribution in [3.05, 3.63) is 34.3 Å². The monoisotopic (exact) mass is 323 g/mol. The van der Waals surface area contributed by atoms with E-state index in [0.29, 0.717) is 12.5 Å². The summed E-state index contributed by atoms with van der Waals surface area (Å²) in [7, 11) is 0. The summed E-state index contributed by atoms with van der Waals surface area (Å²) in [6.07, 6.45) is 2.91. The van der Waals surface area contributed by atoms with Gasteiger partial charge in [0, 0.05) is 29.0 Å². The lowest BCUT2D eigenvalue weighted by Crippen LogP contribution is -2.28. The van der Waals surface area contributed by atoms with E-state index in [1.807, 2.05) is 24.3 Å². The first kappa shape index (κ1) is 14.7. The number of nitrogens with zero attached hydrogens (tertiary/aromatic N) is 1. The van der Waals surface area contributed by atoms with Gasteiger partial charge in [0.2, 0.25) is 0 Å². The van der Waals surface area contributed by atoms with Crippen LogP contribution in [0.15, 0.2) is 28.7 Å². The summed E-state index contributed by atoms with van der Waals surface area (Å²) >= 11 is 3.39. The van der Waals surface area contributed by atoms with Gasteiger partial charge >= 0.3 is 0 Å². The maximum absolute atomic E-state index is 12.0. The number of Topliss-reactive ketones (excluding diaryl/α,β-unsaturated/α-hetero) is 1. The van der Waals surface area contributed by atoms with Crippen LogP contribution in [0.3, 0.4) is 0 Å². The van der Waals surface area contributed by atoms with E-state index in [1.165, 1.54) is 13.0 Å². The molecule has 1 aliphatic heterocycles. The van der Waals surface area contributed by atoms with E-state index in [2.05, 4.69) is 34.7 Å². The SMILES string of the molecule is CC1CC(C)N(CCCC(=O)c2ccc(Br)cc2)C1. The molecular formula is C16H22BrNO. The van der Waals surface area contributed by atoms with Crippen molar-refractivity contribution in [2.24, 2.45) is 5.92 Å². The highest BCUT2D eigenvalue weighted by molar-refractivity contribution is 9.10. The molecule has 2 nitrogen and oxygen atoms in total. The number of benzene rings is 1. The molecule has 0 saturated carbocycles. The fourth-order valence-corrected chi connectivity index (χ4v) is 3.19. The predicted octanol–water partition coefficient (Wildman–Crippen LogP) is 4.14. The second kappa shape index (κ2) is 6.67. The predicted molar refractivity (Wildman–Crippen MR) is 82.5 cm³/mol. The van der Waals surface area contributed by atoms with Crippen LogP contribution >= 0.6 is 15.9 Å². The van der Waals surface area contributed by atoms with E-state index in [-0.39, 0.29) is 5.78 Å². The smallest absolute Gasteiger partial charge is 0.162 e. The van der Waals surface area contributed by atoms with Crippen LogP contribution in [0.4, 0.5) is 0 Å². The highest BCUT2D eigenvalue weighted by atomic mass is 79.9. The molecule has 0 aromatic heterocycles. The lowest BCUT2D eigenvalue weighted by molar-refractivity contribution is 0.0974. The molecule has 1 aliphatic rings. The maximum Gasteiger partial charge on any atom is 0.162 e. The molecular weight excluding hydrogens is 302 g/mol. The highest BCUT2D eigenvalue weighted by Crippen LogP contribution is 2.22. The summed E-state index contributed by atoms with van der Waals surface area (Å²) in [4.78, 5) is 14.6. The summed E-state index contributed by atoms with van der Waals surface area (Å²) in [5.41, 5.74) is 0.825. The molecule has 0 amide bonds. The average molecular weight is 324 g/mol. The zero-order chi connectivity index (χ0) is 13.8. The highest BCUT2D eigenvalue weighted by Gasteiger charge is 2.25. The van der Waals surface area contributed by atoms with Crippen molar-refractivity contribution in [1.29, 1.82) is 0 Å². The van der Waals surface area contributed by atoms with Gasteiger partial charge in [0.15, 0.2) is 5.78 Å². The van der Waals surface area contributed by atoms with Crippen LogP contribution in [-0.2, 0) is 0 Å². The Morgan fingerprint density at radius 2 is 2.00 bits per heavy atom. The van der Waals surface area contributed by atoms with Crippen molar-refractivity contribution in [1.82, 2.24) is 4.90 Å². The minimum Gasteiger partial charge on any atom is -0.300 e. The summed E-state index contributed by atoms with van der Waals surface area (Å²) in [5.74, 6) is 1.06. The van der Waals surface area contributed by atoms with Gasteiger partial charge in [-0.2, -0.15) is 0 Å². The Labute approximate surface area is 124 Å². The molecule has 19 heavy (non-hydrogen) atoms. The van der Waals surface area contributed by atoms with Gasteiger partial charge in [-0.05, 0) is 44.4 Å². The quantitative estimate of drug-likeness (QED) is 0.759. The Hall–Kier alpha value is -0.670. The molecule has 2 rings (SSSR count). The first-order valence-electron chi connectivity index (χ1n) is 7.09. The Balaban J connectivity index is 1.76. The lowest BCUT2D eigenvalue weighted by atomic mass is 10.1. The number of halogens is 1. The van der Waals surface area contributed by atoms with Crippen molar-refractivity contribution in [3.63, 3.8) is 0 Å². The van der Waals surface area contributed by atoms with Crippen LogP contribution in [0.25, 0.3) is 0 Å². The van der Waals surface area contributed by atoms with Gasteiger partial charge < -0.3 is 4.90 Å². The molecule has 0 aliphatic carbocycles. The standard InChI is InChI=1S/C16H22BrNO/c1-12-10-13(2)18(11-12)9-3-4-16(19)14-5-7-15(17)8-6-14/h5-8,12-13H,3-4,9-11H2,1-2H3. The van der Waals surface area contributed by atoms with Crippen molar-refractivity contribution in [2.45, 2.75) is 39.2 Å². The van der Waals surface area contributed by atoms with Crippen molar-refractivity contribution in [2.75, 3.05) is 13.1 Å². The molecule has 0 spiro atoms. The summed E-state index contributed by atoms with van der Waals surface area (Å²) in [6, 6.07) is 8.33. The Morgan fingerprint density at radius 1 is 1.32 bits per heavy atom. The maximum atomic E-state index is 12.0.